The van der Waals surface area contributed by atoms with Crippen LogP contribution < -0.4 is 5.32 Å². The topological polar surface area (TPSA) is 29.1 Å². The van der Waals surface area contributed by atoms with E-state index in [1.807, 2.05) is 13.0 Å². The molecule has 0 aliphatic rings. The standard InChI is InChI=1S/C11H14FNO/c1-7-4-5-10(6-11(7)12)8(2)13-9(3)14/h4-6,8H,1-3H3,(H,13,14). The van der Waals surface area contributed by atoms with Gasteiger partial charge in [-0.25, -0.2) is 4.39 Å². The SMILES string of the molecule is CC(=O)NC(C)c1ccc(C)c(F)c1. The molecule has 0 fully saturated rings. The Morgan fingerprint density at radius 2 is 2.14 bits per heavy atom. The molecule has 1 atom stereocenters. The van der Waals surface area contributed by atoms with Crippen molar-refractivity contribution in [3.05, 3.63) is 35.1 Å². The van der Waals surface area contributed by atoms with Gasteiger partial charge in [0.15, 0.2) is 0 Å². The lowest BCUT2D eigenvalue weighted by atomic mass is 10.1. The molecule has 2 nitrogen and oxygen atoms in total. The van der Waals surface area contributed by atoms with Crippen molar-refractivity contribution in [1.82, 2.24) is 5.32 Å². The molecule has 0 heterocycles. The van der Waals surface area contributed by atoms with Crippen LogP contribution in [0.4, 0.5) is 4.39 Å². The number of amides is 1. The van der Waals surface area contributed by atoms with Crippen molar-refractivity contribution in [3.8, 4) is 0 Å². The first-order valence-corrected chi connectivity index (χ1v) is 4.54. The number of hydrogen-bond donors (Lipinski definition) is 1. The Hall–Kier alpha value is -1.38. The van der Waals surface area contributed by atoms with Crippen molar-refractivity contribution < 1.29 is 9.18 Å². The highest BCUT2D eigenvalue weighted by atomic mass is 19.1. The van der Waals surface area contributed by atoms with E-state index < -0.39 is 0 Å². The fourth-order valence-electron chi connectivity index (χ4n) is 1.27. The summed E-state index contributed by atoms with van der Waals surface area (Å²) < 4.78 is 13.2. The number of carbonyl (C=O) groups excluding carboxylic acids is 1. The molecule has 0 saturated carbocycles. The molecule has 76 valence electrons. The van der Waals surface area contributed by atoms with Gasteiger partial charge in [0.1, 0.15) is 5.82 Å². The number of halogens is 1. The molecule has 0 spiro atoms. The largest absolute Gasteiger partial charge is 0.350 e. The third kappa shape index (κ3) is 2.55. The quantitative estimate of drug-likeness (QED) is 0.771. The second-order valence-corrected chi connectivity index (χ2v) is 3.43. The molecule has 0 radical (unpaired) electrons. The van der Waals surface area contributed by atoms with Crippen molar-refractivity contribution in [2.45, 2.75) is 26.8 Å². The summed E-state index contributed by atoms with van der Waals surface area (Å²) in [5.74, 6) is -0.349. The van der Waals surface area contributed by atoms with Gasteiger partial charge in [-0.2, -0.15) is 0 Å². The van der Waals surface area contributed by atoms with Gasteiger partial charge in [0.05, 0.1) is 6.04 Å². The Kier molecular flexibility index (Phi) is 3.23. The fraction of sp³-hybridized carbons (Fsp3) is 0.364. The monoisotopic (exact) mass is 195 g/mol. The van der Waals surface area contributed by atoms with Gasteiger partial charge in [-0.1, -0.05) is 12.1 Å². The van der Waals surface area contributed by atoms with Crippen LogP contribution in [0.5, 0.6) is 0 Å². The van der Waals surface area contributed by atoms with Crippen molar-refractivity contribution in [3.63, 3.8) is 0 Å². The lowest BCUT2D eigenvalue weighted by Crippen LogP contribution is -2.23. The summed E-state index contributed by atoms with van der Waals surface area (Å²) in [6.07, 6.45) is 0. The van der Waals surface area contributed by atoms with E-state index in [2.05, 4.69) is 5.32 Å². The molecule has 1 rings (SSSR count). The van der Waals surface area contributed by atoms with Gasteiger partial charge in [0.2, 0.25) is 5.91 Å². The minimum atomic E-state index is -0.236. The fourth-order valence-corrected chi connectivity index (χ4v) is 1.27. The Morgan fingerprint density at radius 3 is 2.64 bits per heavy atom. The summed E-state index contributed by atoms with van der Waals surface area (Å²) in [5.41, 5.74) is 1.40. The van der Waals surface area contributed by atoms with Crippen LogP contribution in [0, 0.1) is 12.7 Å². The maximum Gasteiger partial charge on any atom is 0.217 e. The average Bonchev–Trinajstić information content (AvgIpc) is 2.08. The second kappa shape index (κ2) is 4.22. The smallest absolute Gasteiger partial charge is 0.217 e. The highest BCUT2D eigenvalue weighted by Crippen LogP contribution is 2.15. The van der Waals surface area contributed by atoms with Crippen LogP contribution in [0.15, 0.2) is 18.2 Å². The summed E-state index contributed by atoms with van der Waals surface area (Å²) in [6.45, 7) is 4.98. The molecular weight excluding hydrogens is 181 g/mol. The van der Waals surface area contributed by atoms with Gasteiger partial charge < -0.3 is 5.32 Å². The van der Waals surface area contributed by atoms with Crippen molar-refractivity contribution in [1.29, 1.82) is 0 Å². The average molecular weight is 195 g/mol. The third-order valence-electron chi connectivity index (χ3n) is 2.12. The predicted molar refractivity (Wildman–Crippen MR) is 53.4 cm³/mol. The Bertz CT molecular complexity index is 349. The zero-order valence-corrected chi connectivity index (χ0v) is 8.60. The molecule has 1 aromatic carbocycles. The number of hydrogen-bond acceptors (Lipinski definition) is 1. The summed E-state index contributed by atoms with van der Waals surface area (Å²) in [4.78, 5) is 10.8. The van der Waals surface area contributed by atoms with E-state index in [9.17, 15) is 9.18 Å². The highest BCUT2D eigenvalue weighted by molar-refractivity contribution is 5.73. The number of rotatable bonds is 2. The van der Waals surface area contributed by atoms with Crippen LogP contribution in [-0.2, 0) is 4.79 Å². The maximum absolute atomic E-state index is 13.2. The Labute approximate surface area is 83.1 Å². The third-order valence-corrected chi connectivity index (χ3v) is 2.12. The van der Waals surface area contributed by atoms with Gasteiger partial charge in [-0.3, -0.25) is 4.79 Å². The van der Waals surface area contributed by atoms with E-state index in [0.717, 1.165) is 5.56 Å². The van der Waals surface area contributed by atoms with E-state index in [4.69, 9.17) is 0 Å². The van der Waals surface area contributed by atoms with E-state index in [1.54, 1.807) is 13.0 Å². The maximum atomic E-state index is 13.2. The molecule has 3 heteroatoms. The molecule has 1 aromatic rings. The minimum Gasteiger partial charge on any atom is -0.350 e. The highest BCUT2D eigenvalue weighted by Gasteiger charge is 2.07. The van der Waals surface area contributed by atoms with Crippen LogP contribution in [-0.4, -0.2) is 5.91 Å². The first-order valence-electron chi connectivity index (χ1n) is 4.54. The summed E-state index contributed by atoms with van der Waals surface area (Å²) in [6, 6.07) is 4.83. The van der Waals surface area contributed by atoms with Crippen molar-refractivity contribution in [2.75, 3.05) is 0 Å². The van der Waals surface area contributed by atoms with E-state index in [-0.39, 0.29) is 17.8 Å². The van der Waals surface area contributed by atoms with Crippen LogP contribution in [0.25, 0.3) is 0 Å². The molecule has 1 unspecified atom stereocenters. The lowest BCUT2D eigenvalue weighted by Gasteiger charge is -2.13. The van der Waals surface area contributed by atoms with Gasteiger partial charge in [0, 0.05) is 6.92 Å². The zero-order chi connectivity index (χ0) is 10.7. The van der Waals surface area contributed by atoms with E-state index in [0.29, 0.717) is 5.56 Å². The summed E-state index contributed by atoms with van der Waals surface area (Å²) >= 11 is 0. The van der Waals surface area contributed by atoms with Crippen LogP contribution >= 0.6 is 0 Å². The number of benzene rings is 1. The molecular formula is C11H14FNO. The van der Waals surface area contributed by atoms with Gasteiger partial charge in [-0.15, -0.1) is 0 Å². The molecule has 14 heavy (non-hydrogen) atoms. The second-order valence-electron chi connectivity index (χ2n) is 3.43. The van der Waals surface area contributed by atoms with E-state index in [1.165, 1.54) is 13.0 Å². The normalized spacial score (nSPS) is 12.3. The van der Waals surface area contributed by atoms with Crippen LogP contribution in [0.2, 0.25) is 0 Å². The molecule has 1 N–H and O–H groups in total. The number of nitrogens with one attached hydrogen (secondary N) is 1. The Balaban J connectivity index is 2.85. The van der Waals surface area contributed by atoms with Gasteiger partial charge >= 0.3 is 0 Å². The summed E-state index contributed by atoms with van der Waals surface area (Å²) in [7, 11) is 0. The lowest BCUT2D eigenvalue weighted by molar-refractivity contribution is -0.119. The van der Waals surface area contributed by atoms with Gasteiger partial charge in [-0.05, 0) is 31.0 Å². The number of aryl methyl sites for hydroxylation is 1. The minimum absolute atomic E-state index is 0.113. The van der Waals surface area contributed by atoms with Crippen LogP contribution in [0.3, 0.4) is 0 Å². The molecule has 1 amide bonds. The summed E-state index contributed by atoms with van der Waals surface area (Å²) in [5, 5.41) is 2.70. The molecule has 0 aliphatic carbocycles. The first-order chi connectivity index (χ1) is 6.50. The van der Waals surface area contributed by atoms with Crippen molar-refractivity contribution in [2.24, 2.45) is 0 Å². The van der Waals surface area contributed by atoms with Gasteiger partial charge in [0.25, 0.3) is 0 Å². The molecule has 0 saturated heterocycles. The molecule has 0 aromatic heterocycles. The molecule has 0 bridgehead atoms. The van der Waals surface area contributed by atoms with E-state index >= 15 is 0 Å². The Morgan fingerprint density at radius 1 is 1.50 bits per heavy atom. The van der Waals surface area contributed by atoms with Crippen molar-refractivity contribution >= 4 is 5.91 Å². The first kappa shape index (κ1) is 10.7. The zero-order valence-electron chi connectivity index (χ0n) is 8.60. The predicted octanol–water partition coefficient (Wildman–Crippen LogP) is 2.33. The molecule has 0 aliphatic heterocycles. The number of carbonyl (C=O) groups is 1. The van der Waals surface area contributed by atoms with Crippen LogP contribution in [0.1, 0.15) is 31.0 Å².